The minimum Gasteiger partial charge on any atom is -0.339 e. The fourth-order valence-electron chi connectivity index (χ4n) is 2.44. The highest BCUT2D eigenvalue weighted by molar-refractivity contribution is 7.80. The van der Waals surface area contributed by atoms with Crippen molar-refractivity contribution in [2.24, 2.45) is 0 Å². The number of fused-ring (bicyclic) bond motifs is 1. The van der Waals surface area contributed by atoms with Crippen molar-refractivity contribution >= 4 is 74.4 Å². The second-order valence-corrected chi connectivity index (χ2v) is 9.18. The number of thiophene rings is 1. The van der Waals surface area contributed by atoms with E-state index in [-0.39, 0.29) is 5.11 Å². The van der Waals surface area contributed by atoms with Gasteiger partial charge >= 0.3 is 0 Å². The average Bonchev–Trinajstić information content (AvgIpc) is 2.89. The molecular formula is C14H14Cl3FN4OS2. The number of alkyl halides is 4. The number of anilines is 1. The Labute approximate surface area is 168 Å². The number of hydrogen-bond donors (Lipinski definition) is 3. The number of nitriles is 1. The highest BCUT2D eigenvalue weighted by atomic mass is 35.6. The van der Waals surface area contributed by atoms with E-state index < -0.39 is 22.5 Å². The first kappa shape index (κ1) is 20.5. The van der Waals surface area contributed by atoms with Crippen molar-refractivity contribution < 1.29 is 9.18 Å². The summed E-state index contributed by atoms with van der Waals surface area (Å²) >= 11 is 24.0. The van der Waals surface area contributed by atoms with Crippen LogP contribution in [0.5, 0.6) is 0 Å². The highest BCUT2D eigenvalue weighted by Crippen LogP contribution is 2.37. The Hall–Kier alpha value is -0.850. The third-order valence-corrected chi connectivity index (χ3v) is 5.62. The Morgan fingerprint density at radius 2 is 2.04 bits per heavy atom. The van der Waals surface area contributed by atoms with Crippen LogP contribution in [0.15, 0.2) is 0 Å². The topological polar surface area (TPSA) is 77.0 Å². The van der Waals surface area contributed by atoms with Gasteiger partial charge in [0.15, 0.2) is 11.8 Å². The van der Waals surface area contributed by atoms with E-state index in [1.807, 2.05) is 0 Å². The predicted molar refractivity (Wildman–Crippen MR) is 103 cm³/mol. The van der Waals surface area contributed by atoms with Gasteiger partial charge in [0.05, 0.1) is 5.56 Å². The first-order chi connectivity index (χ1) is 11.8. The molecule has 1 heterocycles. The summed E-state index contributed by atoms with van der Waals surface area (Å²) in [4.78, 5) is 12.4. The second kappa shape index (κ2) is 8.69. The van der Waals surface area contributed by atoms with Gasteiger partial charge in [-0.1, -0.05) is 34.8 Å². The van der Waals surface area contributed by atoms with E-state index in [9.17, 15) is 14.4 Å². The average molecular weight is 444 g/mol. The van der Waals surface area contributed by atoms with Gasteiger partial charge in [-0.25, -0.2) is 4.39 Å². The minimum atomic E-state index is -1.96. The maximum atomic E-state index is 12.4. The molecule has 2 rings (SSSR count). The number of nitrogens with one attached hydrogen (secondary N) is 3. The maximum Gasteiger partial charge on any atom is 0.253 e. The third-order valence-electron chi connectivity index (χ3n) is 3.54. The molecule has 0 spiro atoms. The molecular weight excluding hydrogens is 430 g/mol. The number of rotatable bonds is 4. The molecule has 11 heteroatoms. The molecule has 0 radical (unpaired) electrons. The number of carbonyl (C=O) groups excluding carboxylic acids is 1. The molecule has 0 aliphatic heterocycles. The Morgan fingerprint density at radius 3 is 2.64 bits per heavy atom. The normalized spacial score (nSPS) is 14.8. The quantitative estimate of drug-likeness (QED) is 0.377. The van der Waals surface area contributed by atoms with Crippen LogP contribution in [0.2, 0.25) is 0 Å². The van der Waals surface area contributed by atoms with Crippen molar-refractivity contribution in [2.75, 3.05) is 12.0 Å². The summed E-state index contributed by atoms with van der Waals surface area (Å²) in [5, 5.41) is 17.8. The zero-order valence-electron chi connectivity index (χ0n) is 12.8. The minimum absolute atomic E-state index is 0.0468. The maximum absolute atomic E-state index is 12.4. The number of thiocarbonyl (C=S) groups is 1. The first-order valence-corrected chi connectivity index (χ1v) is 9.66. The number of carbonyl (C=O) groups is 1. The summed E-state index contributed by atoms with van der Waals surface area (Å²) in [7, 11) is 0. The molecule has 1 amide bonds. The van der Waals surface area contributed by atoms with Crippen LogP contribution in [0.3, 0.4) is 0 Å². The van der Waals surface area contributed by atoms with Crippen molar-refractivity contribution in [1.82, 2.24) is 10.6 Å². The van der Waals surface area contributed by atoms with Crippen LogP contribution < -0.4 is 16.0 Å². The fraction of sp³-hybridized carbons (Fsp3) is 0.500. The van der Waals surface area contributed by atoms with Crippen LogP contribution in [0.1, 0.15) is 28.8 Å². The molecule has 136 valence electrons. The van der Waals surface area contributed by atoms with Crippen molar-refractivity contribution in [3.05, 3.63) is 16.0 Å². The Balaban J connectivity index is 2.12. The molecule has 3 N–H and O–H groups in total. The number of amides is 1. The smallest absolute Gasteiger partial charge is 0.253 e. The van der Waals surface area contributed by atoms with E-state index in [2.05, 4.69) is 22.0 Å². The molecule has 0 fully saturated rings. The molecule has 1 aliphatic rings. The molecule has 0 saturated carbocycles. The molecule has 25 heavy (non-hydrogen) atoms. The van der Waals surface area contributed by atoms with Gasteiger partial charge in [0.1, 0.15) is 17.2 Å². The van der Waals surface area contributed by atoms with Crippen molar-refractivity contribution in [3.8, 4) is 6.07 Å². The van der Waals surface area contributed by atoms with Crippen LogP contribution in [0, 0.1) is 11.3 Å². The van der Waals surface area contributed by atoms with Crippen molar-refractivity contribution in [3.63, 3.8) is 0 Å². The van der Waals surface area contributed by atoms with E-state index >= 15 is 0 Å². The van der Waals surface area contributed by atoms with Crippen LogP contribution in [-0.2, 0) is 17.6 Å². The second-order valence-electron chi connectivity index (χ2n) is 5.30. The molecule has 1 atom stereocenters. The van der Waals surface area contributed by atoms with E-state index in [0.717, 1.165) is 36.1 Å². The largest absolute Gasteiger partial charge is 0.339 e. The van der Waals surface area contributed by atoms with Gasteiger partial charge in [0.25, 0.3) is 5.91 Å². The highest BCUT2D eigenvalue weighted by Gasteiger charge is 2.35. The summed E-state index contributed by atoms with van der Waals surface area (Å²) in [5.41, 5.74) is 1.61. The van der Waals surface area contributed by atoms with E-state index in [4.69, 9.17) is 47.0 Å². The summed E-state index contributed by atoms with van der Waals surface area (Å²) in [6.45, 7) is -1.25. The summed E-state index contributed by atoms with van der Waals surface area (Å²) < 4.78 is 10.4. The molecule has 1 aromatic rings. The molecule has 1 aliphatic carbocycles. The van der Waals surface area contributed by atoms with Crippen LogP contribution >= 0.6 is 58.4 Å². The molecule has 0 unspecified atom stereocenters. The van der Waals surface area contributed by atoms with Gasteiger partial charge in [-0.2, -0.15) is 5.26 Å². The SMILES string of the molecule is N#Cc1c(NC(=S)N[C@H](NC(=O)CF)C(Cl)(Cl)Cl)sc2c1CCCC2. The van der Waals surface area contributed by atoms with Gasteiger partial charge < -0.3 is 16.0 Å². The van der Waals surface area contributed by atoms with Gasteiger partial charge in [0, 0.05) is 4.88 Å². The third kappa shape index (κ3) is 5.31. The molecule has 0 saturated heterocycles. The number of hydrogen-bond acceptors (Lipinski definition) is 4. The van der Waals surface area contributed by atoms with E-state index in [1.165, 1.54) is 11.3 Å². The van der Waals surface area contributed by atoms with Gasteiger partial charge in [-0.3, -0.25) is 4.79 Å². The van der Waals surface area contributed by atoms with Crippen molar-refractivity contribution in [2.45, 2.75) is 35.6 Å². The van der Waals surface area contributed by atoms with Gasteiger partial charge in [0.2, 0.25) is 3.79 Å². The lowest BCUT2D eigenvalue weighted by molar-refractivity contribution is -0.122. The number of nitrogens with zero attached hydrogens (tertiary/aromatic N) is 1. The predicted octanol–water partition coefficient (Wildman–Crippen LogP) is 3.57. The van der Waals surface area contributed by atoms with Crippen LogP contribution in [-0.4, -0.2) is 27.7 Å². The zero-order chi connectivity index (χ0) is 18.6. The Bertz CT molecular complexity index is 714. The Morgan fingerprint density at radius 1 is 1.36 bits per heavy atom. The van der Waals surface area contributed by atoms with Crippen LogP contribution in [0.25, 0.3) is 0 Å². The van der Waals surface area contributed by atoms with Crippen molar-refractivity contribution in [1.29, 1.82) is 5.26 Å². The first-order valence-electron chi connectivity index (χ1n) is 7.30. The Kier molecular flexibility index (Phi) is 7.11. The molecule has 5 nitrogen and oxygen atoms in total. The summed E-state index contributed by atoms with van der Waals surface area (Å²) in [5.74, 6) is -0.948. The molecule has 0 bridgehead atoms. The monoisotopic (exact) mass is 442 g/mol. The molecule has 1 aromatic heterocycles. The lowest BCUT2D eigenvalue weighted by Gasteiger charge is -2.27. The lowest BCUT2D eigenvalue weighted by Crippen LogP contribution is -2.56. The molecule has 0 aromatic carbocycles. The lowest BCUT2D eigenvalue weighted by atomic mass is 9.96. The fourth-order valence-corrected chi connectivity index (χ4v) is 4.30. The zero-order valence-corrected chi connectivity index (χ0v) is 16.7. The summed E-state index contributed by atoms with van der Waals surface area (Å²) in [6, 6.07) is 2.20. The number of aryl methyl sites for hydroxylation is 1. The van der Waals surface area contributed by atoms with Gasteiger partial charge in [-0.05, 0) is 43.5 Å². The van der Waals surface area contributed by atoms with Gasteiger partial charge in [-0.15, -0.1) is 11.3 Å². The summed E-state index contributed by atoms with van der Waals surface area (Å²) in [6.07, 6.45) is 2.69. The van der Waals surface area contributed by atoms with E-state index in [1.54, 1.807) is 0 Å². The standard InChI is InChI=1S/C14H14Cl3FN4OS2/c15-14(16,17)12(20-10(23)5-18)22-13(24)21-11-8(6-19)7-3-1-2-4-9(7)25-11/h12H,1-5H2,(H,20,23)(H2,21,22,24)/t12-/m0/s1. The number of halogens is 4. The van der Waals surface area contributed by atoms with E-state index in [0.29, 0.717) is 10.6 Å². The van der Waals surface area contributed by atoms with Crippen LogP contribution in [0.4, 0.5) is 9.39 Å².